The number of esters is 4. The van der Waals surface area contributed by atoms with E-state index in [0.29, 0.717) is 31.6 Å². The van der Waals surface area contributed by atoms with Gasteiger partial charge in [0.2, 0.25) is 0 Å². The SMILES string of the molecule is CCCCCCCCCCCCCCCCCCCCCCCC(=O)O[C@H](COC(=O)CCCCCCCCCCCCCCCCCCCC)COP(=O)(O)OC[C@@H](O)COP(=O)(O)OC[C@@H](COC(=O)CCCCCCCCCC(C)C)OC(=O)CCCCCCCCCCCCCCCCC. The molecule has 0 saturated carbocycles. The number of hydrogen-bond donors (Lipinski definition) is 3. The van der Waals surface area contributed by atoms with Gasteiger partial charge in [0.1, 0.15) is 19.3 Å². The van der Waals surface area contributed by atoms with Gasteiger partial charge in [-0.2, -0.15) is 0 Å². The lowest BCUT2D eigenvalue weighted by Crippen LogP contribution is -2.30. The Balaban J connectivity index is 5.22. The van der Waals surface area contributed by atoms with Crippen LogP contribution >= 0.6 is 15.6 Å². The van der Waals surface area contributed by atoms with Crippen molar-refractivity contribution in [3.05, 3.63) is 0 Å². The molecule has 0 saturated heterocycles. The maximum absolute atomic E-state index is 13.1. The van der Waals surface area contributed by atoms with Crippen molar-refractivity contribution in [1.82, 2.24) is 0 Å². The molecule has 0 aromatic heterocycles. The highest BCUT2D eigenvalue weighted by Gasteiger charge is 2.30. The molecule has 0 aromatic rings. The molecule has 17 nitrogen and oxygen atoms in total. The molecule has 0 heterocycles. The fourth-order valence-electron chi connectivity index (χ4n) is 13.3. The molecule has 104 heavy (non-hydrogen) atoms. The number of rotatable bonds is 85. The lowest BCUT2D eigenvalue weighted by Gasteiger charge is -2.21. The van der Waals surface area contributed by atoms with Crippen LogP contribution in [-0.2, 0) is 65.4 Å². The Morgan fingerprint density at radius 2 is 0.442 bits per heavy atom. The first-order chi connectivity index (χ1) is 50.5. The summed E-state index contributed by atoms with van der Waals surface area (Å²) in [4.78, 5) is 73.2. The van der Waals surface area contributed by atoms with E-state index in [1.807, 2.05) is 0 Å². The van der Waals surface area contributed by atoms with Crippen molar-refractivity contribution in [2.45, 2.75) is 477 Å². The Morgan fingerprint density at radius 1 is 0.260 bits per heavy atom. The van der Waals surface area contributed by atoms with Crippen LogP contribution in [0.2, 0.25) is 0 Å². The number of hydrogen-bond acceptors (Lipinski definition) is 15. The van der Waals surface area contributed by atoms with Crippen molar-refractivity contribution in [2.75, 3.05) is 39.6 Å². The van der Waals surface area contributed by atoms with E-state index in [1.54, 1.807) is 0 Å². The third-order valence-corrected chi connectivity index (χ3v) is 21.9. The standard InChI is InChI=1S/C85H166O17P2/c1-6-9-12-15-18-21-24-27-30-32-34-35-36-38-41-44-47-50-55-61-66-71-84(89)101-80(74-95-82(87)68-63-58-53-48-45-42-40-37-33-31-28-25-22-19-16-13-10-7-2)76-99-103(91,92)97-72-79(86)73-98-104(93,94)100-77-81(75-96-83(88)69-64-59-56-51-52-57-62-67-78(4)5)102-85(90)70-65-60-54-49-46-43-39-29-26-23-20-17-14-11-8-3/h78-81,86H,6-77H2,1-5H3,(H,91,92)(H,93,94)/t79-,80-,81-/m1/s1. The fourth-order valence-corrected chi connectivity index (χ4v) is 14.9. The Labute approximate surface area is 638 Å². The molecule has 19 heteroatoms. The first-order valence-corrected chi connectivity index (χ1v) is 47.1. The summed E-state index contributed by atoms with van der Waals surface area (Å²) in [5.74, 6) is -1.40. The number of aliphatic hydroxyl groups excluding tert-OH is 1. The Hall–Kier alpha value is -1.94. The van der Waals surface area contributed by atoms with Crippen LogP contribution < -0.4 is 0 Å². The minimum Gasteiger partial charge on any atom is -0.462 e. The van der Waals surface area contributed by atoms with E-state index >= 15 is 0 Å². The molecular weight excluding hydrogens is 1350 g/mol. The minimum atomic E-state index is -4.96. The van der Waals surface area contributed by atoms with E-state index in [4.69, 9.17) is 37.0 Å². The number of carbonyl (C=O) groups excluding carboxylic acids is 4. The third-order valence-electron chi connectivity index (χ3n) is 20.0. The molecule has 0 spiro atoms. The zero-order valence-electron chi connectivity index (χ0n) is 68.2. The zero-order chi connectivity index (χ0) is 76.2. The molecule has 618 valence electrons. The van der Waals surface area contributed by atoms with E-state index in [2.05, 4.69) is 34.6 Å². The van der Waals surface area contributed by atoms with E-state index < -0.39 is 97.5 Å². The maximum Gasteiger partial charge on any atom is 0.472 e. The number of phosphoric acid groups is 2. The van der Waals surface area contributed by atoms with Gasteiger partial charge in [-0.15, -0.1) is 0 Å². The predicted octanol–water partition coefficient (Wildman–Crippen LogP) is 26.0. The van der Waals surface area contributed by atoms with Crippen LogP contribution in [0.4, 0.5) is 0 Å². The Morgan fingerprint density at radius 3 is 0.654 bits per heavy atom. The van der Waals surface area contributed by atoms with Gasteiger partial charge in [-0.05, 0) is 31.6 Å². The summed E-state index contributed by atoms with van der Waals surface area (Å²) >= 11 is 0. The minimum absolute atomic E-state index is 0.108. The molecule has 2 unspecified atom stereocenters. The van der Waals surface area contributed by atoms with E-state index in [9.17, 15) is 43.2 Å². The molecule has 0 radical (unpaired) electrons. The predicted molar refractivity (Wildman–Crippen MR) is 428 cm³/mol. The highest BCUT2D eigenvalue weighted by atomic mass is 31.2. The smallest absolute Gasteiger partial charge is 0.462 e. The molecule has 0 aliphatic heterocycles. The van der Waals surface area contributed by atoms with Gasteiger partial charge < -0.3 is 33.8 Å². The Bertz CT molecular complexity index is 1980. The van der Waals surface area contributed by atoms with Gasteiger partial charge in [-0.3, -0.25) is 37.3 Å². The number of phosphoric ester groups is 2. The second-order valence-electron chi connectivity index (χ2n) is 31.1. The summed E-state index contributed by atoms with van der Waals surface area (Å²) in [6.07, 6.45) is 71.0. The number of ether oxygens (including phenoxy) is 4. The van der Waals surface area contributed by atoms with Gasteiger partial charge >= 0.3 is 39.5 Å². The van der Waals surface area contributed by atoms with Gasteiger partial charge in [-0.1, -0.05) is 407 Å². The number of aliphatic hydroxyl groups is 1. The van der Waals surface area contributed by atoms with Gasteiger partial charge in [0.25, 0.3) is 0 Å². The van der Waals surface area contributed by atoms with Gasteiger partial charge in [0.15, 0.2) is 12.2 Å². The summed E-state index contributed by atoms with van der Waals surface area (Å²) in [7, 11) is -9.92. The second-order valence-corrected chi connectivity index (χ2v) is 34.0. The van der Waals surface area contributed by atoms with E-state index in [1.165, 1.54) is 276 Å². The molecule has 5 atom stereocenters. The second kappa shape index (κ2) is 77.8. The first-order valence-electron chi connectivity index (χ1n) is 44.1. The highest BCUT2D eigenvalue weighted by Crippen LogP contribution is 2.45. The summed E-state index contributed by atoms with van der Waals surface area (Å²) in [5.41, 5.74) is 0. The van der Waals surface area contributed by atoms with Crippen molar-refractivity contribution in [1.29, 1.82) is 0 Å². The topological polar surface area (TPSA) is 237 Å². The lowest BCUT2D eigenvalue weighted by atomic mass is 10.0. The van der Waals surface area contributed by atoms with Crippen LogP contribution in [-0.4, -0.2) is 96.7 Å². The van der Waals surface area contributed by atoms with Crippen LogP contribution in [0.5, 0.6) is 0 Å². The van der Waals surface area contributed by atoms with E-state index in [0.717, 1.165) is 96.3 Å². The van der Waals surface area contributed by atoms with Gasteiger partial charge in [-0.25, -0.2) is 9.13 Å². The fraction of sp³-hybridized carbons (Fsp3) is 0.953. The molecule has 0 amide bonds. The van der Waals surface area contributed by atoms with Crippen molar-refractivity contribution in [3.8, 4) is 0 Å². The van der Waals surface area contributed by atoms with Crippen molar-refractivity contribution >= 4 is 39.5 Å². The van der Waals surface area contributed by atoms with Crippen molar-refractivity contribution in [3.63, 3.8) is 0 Å². The highest BCUT2D eigenvalue weighted by molar-refractivity contribution is 7.47. The molecule has 0 bridgehead atoms. The molecule has 0 fully saturated rings. The average molecular weight is 1520 g/mol. The quantitative estimate of drug-likeness (QED) is 0.0222. The first kappa shape index (κ1) is 102. The van der Waals surface area contributed by atoms with Crippen LogP contribution in [0.1, 0.15) is 458 Å². The van der Waals surface area contributed by atoms with Gasteiger partial charge in [0, 0.05) is 25.7 Å². The average Bonchev–Trinajstić information content (AvgIpc) is 0.907. The summed E-state index contributed by atoms with van der Waals surface area (Å²) in [5, 5.41) is 10.7. The summed E-state index contributed by atoms with van der Waals surface area (Å²) < 4.78 is 68.8. The van der Waals surface area contributed by atoms with Crippen LogP contribution in [0.25, 0.3) is 0 Å². The monoisotopic (exact) mass is 1520 g/mol. The van der Waals surface area contributed by atoms with Crippen LogP contribution in [0.3, 0.4) is 0 Å². The van der Waals surface area contributed by atoms with Crippen LogP contribution in [0.15, 0.2) is 0 Å². The molecule has 3 N–H and O–H groups in total. The normalized spacial score (nSPS) is 13.8. The van der Waals surface area contributed by atoms with E-state index in [-0.39, 0.29) is 25.7 Å². The lowest BCUT2D eigenvalue weighted by molar-refractivity contribution is -0.161. The van der Waals surface area contributed by atoms with Crippen LogP contribution in [0, 0.1) is 5.92 Å². The Kier molecular flexibility index (Phi) is 76.3. The molecule has 0 aliphatic carbocycles. The summed E-state index contributed by atoms with van der Waals surface area (Å²) in [6.45, 7) is 7.30. The molecular formula is C85H166O17P2. The van der Waals surface area contributed by atoms with Crippen molar-refractivity contribution in [2.24, 2.45) is 5.92 Å². The number of unbranched alkanes of at least 4 members (excludes halogenated alkanes) is 57. The maximum atomic E-state index is 13.1. The largest absolute Gasteiger partial charge is 0.472 e. The molecule has 0 aromatic carbocycles. The van der Waals surface area contributed by atoms with Gasteiger partial charge in [0.05, 0.1) is 26.4 Å². The molecule has 0 rings (SSSR count). The zero-order valence-corrected chi connectivity index (χ0v) is 70.0. The summed E-state index contributed by atoms with van der Waals surface area (Å²) in [6, 6.07) is 0. The number of carbonyl (C=O) groups is 4. The van der Waals surface area contributed by atoms with Crippen molar-refractivity contribution < 1.29 is 80.2 Å². The third kappa shape index (κ3) is 78.2. The molecule has 0 aliphatic rings.